The Morgan fingerprint density at radius 1 is 1.10 bits per heavy atom. The van der Waals surface area contributed by atoms with Gasteiger partial charge in [-0.2, -0.15) is 0 Å². The van der Waals surface area contributed by atoms with Crippen molar-refractivity contribution in [1.82, 2.24) is 9.80 Å². The zero-order valence-electron chi connectivity index (χ0n) is 25.2. The maximum Gasteiger partial charge on any atom is 0.247 e. The fourth-order valence-electron chi connectivity index (χ4n) is 8.17. The summed E-state index contributed by atoms with van der Waals surface area (Å²) < 4.78 is -0.690. The summed E-state index contributed by atoms with van der Waals surface area (Å²) in [5, 5.41) is 10.7. The molecule has 1 N–H and O–H groups in total. The van der Waals surface area contributed by atoms with Crippen LogP contribution in [0.2, 0.25) is 0 Å². The number of hydrogen-bond acceptors (Lipinski definition) is 5. The van der Waals surface area contributed by atoms with Crippen LogP contribution < -0.4 is 4.90 Å². The van der Waals surface area contributed by atoms with Gasteiger partial charge in [0.2, 0.25) is 17.7 Å². The van der Waals surface area contributed by atoms with Crippen molar-refractivity contribution in [2.45, 2.75) is 93.3 Å². The highest BCUT2D eigenvalue weighted by atomic mass is 32.2. The molecule has 4 fully saturated rings. The lowest BCUT2D eigenvalue weighted by Crippen LogP contribution is -2.60. The number of hydrogen-bond donors (Lipinski definition) is 1. The molecule has 228 valence electrons. The van der Waals surface area contributed by atoms with E-state index in [1.807, 2.05) is 42.2 Å². The number of nitrogens with zero attached hydrogens (tertiary/aromatic N) is 3. The number of carbonyl (C=O) groups is 3. The molecule has 3 aliphatic heterocycles. The molecule has 0 radical (unpaired) electrons. The molecule has 5 rings (SSSR count). The number of aliphatic hydroxyl groups excluding tert-OH is 1. The Hall–Kier alpha value is -2.58. The van der Waals surface area contributed by atoms with E-state index in [2.05, 4.69) is 20.1 Å². The lowest BCUT2D eigenvalue weighted by Gasteiger charge is -2.43. The highest BCUT2D eigenvalue weighted by molar-refractivity contribution is 8.02. The van der Waals surface area contributed by atoms with Gasteiger partial charge in [0.25, 0.3) is 0 Å². The van der Waals surface area contributed by atoms with Crippen molar-refractivity contribution in [3.8, 4) is 0 Å². The molecule has 1 saturated carbocycles. The second-order valence-corrected chi connectivity index (χ2v) is 14.2. The van der Waals surface area contributed by atoms with Crippen LogP contribution in [0, 0.1) is 17.8 Å². The predicted molar refractivity (Wildman–Crippen MR) is 169 cm³/mol. The lowest BCUT2D eigenvalue weighted by molar-refractivity contribution is -0.148. The summed E-state index contributed by atoms with van der Waals surface area (Å²) in [6.07, 6.45) is 11.0. The molecule has 1 aromatic rings. The number of para-hydroxylation sites is 1. The summed E-state index contributed by atoms with van der Waals surface area (Å²) in [4.78, 5) is 49.5. The summed E-state index contributed by atoms with van der Waals surface area (Å²) >= 11 is 1.70. The first-order valence-electron chi connectivity index (χ1n) is 15.8. The minimum atomic E-state index is -0.708. The summed E-state index contributed by atoms with van der Waals surface area (Å²) in [7, 11) is 0. The zero-order chi connectivity index (χ0) is 30.0. The molecule has 2 bridgehead atoms. The highest BCUT2D eigenvalue weighted by Crippen LogP contribution is 2.67. The van der Waals surface area contributed by atoms with Crippen LogP contribution in [0.1, 0.15) is 65.2 Å². The Balaban J connectivity index is 1.58. The maximum absolute atomic E-state index is 14.9. The fraction of sp³-hybridized carbons (Fsp3) is 0.618. The summed E-state index contributed by atoms with van der Waals surface area (Å²) in [5.41, 5.74) is 0.779. The highest BCUT2D eigenvalue weighted by Gasteiger charge is 2.75. The van der Waals surface area contributed by atoms with Crippen molar-refractivity contribution in [1.29, 1.82) is 0 Å². The summed E-state index contributed by atoms with van der Waals surface area (Å²) in [6.45, 7) is 12.5. The summed E-state index contributed by atoms with van der Waals surface area (Å²) in [6, 6.07) is 8.48. The van der Waals surface area contributed by atoms with Gasteiger partial charge in [-0.3, -0.25) is 14.4 Å². The predicted octanol–water partition coefficient (Wildman–Crippen LogP) is 5.05. The van der Waals surface area contributed by atoms with E-state index in [-0.39, 0.29) is 41.5 Å². The monoisotopic (exact) mass is 593 g/mol. The van der Waals surface area contributed by atoms with Gasteiger partial charge < -0.3 is 19.8 Å². The van der Waals surface area contributed by atoms with Gasteiger partial charge in [-0.05, 0) is 43.7 Å². The Morgan fingerprint density at radius 2 is 1.79 bits per heavy atom. The molecule has 7 atom stereocenters. The molecule has 1 aromatic carbocycles. The van der Waals surface area contributed by atoms with Crippen LogP contribution in [0.3, 0.4) is 0 Å². The second-order valence-electron chi connectivity index (χ2n) is 12.6. The maximum atomic E-state index is 14.9. The number of amides is 3. The fourth-order valence-corrected chi connectivity index (χ4v) is 10.4. The molecule has 8 heteroatoms. The Morgan fingerprint density at radius 3 is 2.40 bits per heavy atom. The molecule has 1 aliphatic carbocycles. The van der Waals surface area contributed by atoms with E-state index in [9.17, 15) is 19.5 Å². The van der Waals surface area contributed by atoms with E-state index in [1.54, 1.807) is 33.7 Å². The van der Waals surface area contributed by atoms with E-state index in [1.165, 1.54) is 6.42 Å². The molecular weight excluding hydrogens is 546 g/mol. The normalized spacial score (nSPS) is 30.1. The minimum absolute atomic E-state index is 0.00458. The van der Waals surface area contributed by atoms with Crippen molar-refractivity contribution < 1.29 is 19.5 Å². The third-order valence-corrected chi connectivity index (χ3v) is 12.3. The Kier molecular flexibility index (Phi) is 9.53. The van der Waals surface area contributed by atoms with E-state index >= 15 is 0 Å². The standard InChI is InChI=1S/C34H47N3O4S/c1-5-20-35(24-14-10-8-11-15-24)31(39)28-27-18-19-34(42-27)29(28)32(40)37(26(22-38)23(4)7-3)30(34)33(41)36(21-6-2)25-16-12-9-13-17-25/h5-6,8,10-11,14-15,23,25-30,38H,1-2,7,9,12-13,16-22H2,3-4H3/t23-,26-,27-,28+,29-,30?,34?/m0/s1. The van der Waals surface area contributed by atoms with Crippen molar-refractivity contribution >= 4 is 35.2 Å². The van der Waals surface area contributed by atoms with E-state index in [4.69, 9.17) is 0 Å². The molecule has 42 heavy (non-hydrogen) atoms. The molecule has 2 unspecified atom stereocenters. The van der Waals surface area contributed by atoms with Crippen LogP contribution in [-0.2, 0) is 14.4 Å². The van der Waals surface area contributed by atoms with Crippen LogP contribution in [-0.4, -0.2) is 80.4 Å². The lowest BCUT2D eigenvalue weighted by atomic mass is 9.70. The zero-order valence-corrected chi connectivity index (χ0v) is 26.0. The average Bonchev–Trinajstić information content (AvgIpc) is 3.67. The molecule has 3 amide bonds. The third-order valence-electron chi connectivity index (χ3n) is 10.4. The molecule has 7 nitrogen and oxygen atoms in total. The minimum Gasteiger partial charge on any atom is -0.394 e. The van der Waals surface area contributed by atoms with E-state index in [0.29, 0.717) is 19.5 Å². The number of fused-ring (bicyclic) bond motifs is 1. The van der Waals surface area contributed by atoms with Crippen molar-refractivity contribution in [2.24, 2.45) is 17.8 Å². The third kappa shape index (κ3) is 5.12. The quantitative estimate of drug-likeness (QED) is 0.343. The largest absolute Gasteiger partial charge is 0.394 e. The van der Waals surface area contributed by atoms with Gasteiger partial charge in [0.1, 0.15) is 6.04 Å². The van der Waals surface area contributed by atoms with Gasteiger partial charge in [-0.1, -0.05) is 69.9 Å². The van der Waals surface area contributed by atoms with Gasteiger partial charge in [-0.25, -0.2) is 0 Å². The molecule has 4 aliphatic rings. The van der Waals surface area contributed by atoms with Crippen molar-refractivity contribution in [3.63, 3.8) is 0 Å². The number of carbonyl (C=O) groups excluding carboxylic acids is 3. The Labute approximate surface area is 255 Å². The number of benzene rings is 1. The van der Waals surface area contributed by atoms with Gasteiger partial charge in [0.15, 0.2) is 0 Å². The van der Waals surface area contributed by atoms with Crippen LogP contribution in [0.25, 0.3) is 0 Å². The van der Waals surface area contributed by atoms with Gasteiger partial charge >= 0.3 is 0 Å². The number of thioether (sulfide) groups is 1. The number of rotatable bonds is 12. The molecule has 3 heterocycles. The number of likely N-dealkylation sites (tertiary alicyclic amines) is 1. The number of anilines is 1. The van der Waals surface area contributed by atoms with Gasteiger partial charge in [-0.15, -0.1) is 24.9 Å². The number of aliphatic hydroxyl groups is 1. The Bertz CT molecular complexity index is 1170. The smallest absolute Gasteiger partial charge is 0.247 e. The molecular formula is C34H47N3O4S. The van der Waals surface area contributed by atoms with Crippen LogP contribution in [0.4, 0.5) is 5.69 Å². The first-order valence-corrected chi connectivity index (χ1v) is 16.7. The molecule has 0 aromatic heterocycles. The molecule has 3 saturated heterocycles. The van der Waals surface area contributed by atoms with Gasteiger partial charge in [0, 0.05) is 30.1 Å². The van der Waals surface area contributed by atoms with E-state index in [0.717, 1.165) is 44.2 Å². The van der Waals surface area contributed by atoms with Crippen LogP contribution in [0.15, 0.2) is 55.6 Å². The van der Waals surface area contributed by atoms with Crippen LogP contribution >= 0.6 is 11.8 Å². The summed E-state index contributed by atoms with van der Waals surface area (Å²) in [5.74, 6) is -1.39. The van der Waals surface area contributed by atoms with E-state index < -0.39 is 28.7 Å². The van der Waals surface area contributed by atoms with Crippen molar-refractivity contribution in [2.75, 3.05) is 24.6 Å². The van der Waals surface area contributed by atoms with Gasteiger partial charge in [0.05, 0.1) is 29.2 Å². The van der Waals surface area contributed by atoms with Crippen molar-refractivity contribution in [3.05, 3.63) is 55.6 Å². The van der Waals surface area contributed by atoms with Crippen LogP contribution in [0.5, 0.6) is 0 Å². The SMILES string of the molecule is C=CCN(C(=O)[C@@H]1[C@@H]2CCC3(S2)C(C(=O)N(CC=C)C2CCCCC2)N([C@@H](CO)[C@@H](C)CC)C(=O)[C@H]13)c1ccccc1. The molecule has 1 spiro atoms. The first-order chi connectivity index (χ1) is 20.3. The first kappa shape index (κ1) is 30.9. The second kappa shape index (κ2) is 13.0. The topological polar surface area (TPSA) is 81.2 Å². The average molecular weight is 594 g/mol.